The van der Waals surface area contributed by atoms with Crippen LogP contribution in [-0.4, -0.2) is 14.5 Å². The summed E-state index contributed by atoms with van der Waals surface area (Å²) in [7, 11) is 0. The third-order valence-electron chi connectivity index (χ3n) is 11.6. The monoisotopic (exact) mass is 659 g/mol. The molecule has 0 saturated carbocycles. The van der Waals surface area contributed by atoms with Gasteiger partial charge < -0.3 is 4.57 Å². The smallest absolute Gasteiger partial charge is 0.160 e. The zero-order chi connectivity index (χ0) is 34.0. The standard InChI is InChI=1S/C49H29N3/c1-2-14-31-29-32(28-27-30(31)13-1)46-37-17-4-8-24-42(37)50-48(51-46)38-20-11-18-35-33-15-3-6-21-39(33)49(45(35)38)40-22-7-10-26-44(40)52-43-25-9-5-16-34(43)36-19-12-23-41(49)47(36)52/h1-29H. The summed E-state index contributed by atoms with van der Waals surface area (Å²) < 4.78 is 2.49. The Bertz CT molecular complexity index is 3150. The van der Waals surface area contributed by atoms with Gasteiger partial charge in [-0.3, -0.25) is 0 Å². The maximum absolute atomic E-state index is 5.53. The Morgan fingerprint density at radius 1 is 0.442 bits per heavy atom. The van der Waals surface area contributed by atoms with E-state index in [0.29, 0.717) is 0 Å². The molecule has 3 heterocycles. The maximum atomic E-state index is 5.53. The van der Waals surface area contributed by atoms with Crippen molar-refractivity contribution >= 4 is 43.5 Å². The van der Waals surface area contributed by atoms with Crippen molar-refractivity contribution in [2.75, 3.05) is 0 Å². The molecule has 1 aliphatic carbocycles. The van der Waals surface area contributed by atoms with Crippen molar-refractivity contribution in [3.63, 3.8) is 0 Å². The third-order valence-corrected chi connectivity index (χ3v) is 11.6. The van der Waals surface area contributed by atoms with Crippen LogP contribution in [0, 0.1) is 0 Å². The molecule has 0 amide bonds. The lowest BCUT2D eigenvalue weighted by Gasteiger charge is -2.40. The summed E-state index contributed by atoms with van der Waals surface area (Å²) in [6, 6.07) is 64.1. The molecule has 8 aromatic carbocycles. The molecule has 0 saturated heterocycles. The van der Waals surface area contributed by atoms with Crippen LogP contribution in [0.2, 0.25) is 0 Å². The number of nitrogens with zero attached hydrogens (tertiary/aromatic N) is 3. The number of para-hydroxylation sites is 4. The van der Waals surface area contributed by atoms with Gasteiger partial charge in [-0.1, -0.05) is 152 Å². The lowest BCUT2D eigenvalue weighted by atomic mass is 9.64. The molecule has 12 rings (SSSR count). The van der Waals surface area contributed by atoms with E-state index in [1.165, 1.54) is 71.6 Å². The van der Waals surface area contributed by atoms with Crippen molar-refractivity contribution in [1.29, 1.82) is 0 Å². The molecule has 0 radical (unpaired) electrons. The summed E-state index contributed by atoms with van der Waals surface area (Å²) >= 11 is 0. The molecule has 0 fully saturated rings. The fraction of sp³-hybridized carbons (Fsp3) is 0.0204. The highest BCUT2D eigenvalue weighted by Gasteiger charge is 2.52. The largest absolute Gasteiger partial charge is 0.309 e. The first-order valence-corrected chi connectivity index (χ1v) is 17.9. The highest BCUT2D eigenvalue weighted by atomic mass is 15.0. The van der Waals surface area contributed by atoms with Crippen LogP contribution in [-0.2, 0) is 5.41 Å². The van der Waals surface area contributed by atoms with Gasteiger partial charge in [0.15, 0.2) is 5.82 Å². The normalized spacial score (nSPS) is 15.4. The molecular weight excluding hydrogens is 631 g/mol. The van der Waals surface area contributed by atoms with Crippen LogP contribution in [0.3, 0.4) is 0 Å². The fourth-order valence-electron chi connectivity index (χ4n) is 9.56. The average Bonchev–Trinajstić information content (AvgIpc) is 3.71. The van der Waals surface area contributed by atoms with E-state index in [1.807, 2.05) is 0 Å². The Kier molecular flexibility index (Phi) is 5.43. The van der Waals surface area contributed by atoms with E-state index in [9.17, 15) is 0 Å². The molecule has 1 unspecified atom stereocenters. The number of fused-ring (bicyclic) bond motifs is 14. The quantitative estimate of drug-likeness (QED) is 0.185. The first-order valence-electron chi connectivity index (χ1n) is 17.9. The lowest BCUT2D eigenvalue weighted by molar-refractivity contribution is 0.749. The highest BCUT2D eigenvalue weighted by Crippen LogP contribution is 2.62. The predicted octanol–water partition coefficient (Wildman–Crippen LogP) is 11.9. The Morgan fingerprint density at radius 3 is 2.06 bits per heavy atom. The summed E-state index contributed by atoms with van der Waals surface area (Å²) in [6.07, 6.45) is 0. The predicted molar refractivity (Wildman–Crippen MR) is 213 cm³/mol. The molecule has 2 aliphatic rings. The molecule has 0 N–H and O–H groups in total. The van der Waals surface area contributed by atoms with E-state index in [-0.39, 0.29) is 0 Å². The van der Waals surface area contributed by atoms with Crippen molar-refractivity contribution in [2.45, 2.75) is 5.41 Å². The molecule has 2 aromatic heterocycles. The van der Waals surface area contributed by atoms with Gasteiger partial charge in [-0.05, 0) is 68.4 Å². The first kappa shape index (κ1) is 27.9. The average molecular weight is 660 g/mol. The van der Waals surface area contributed by atoms with E-state index >= 15 is 0 Å². The Labute approximate surface area is 300 Å². The van der Waals surface area contributed by atoms with Gasteiger partial charge in [0.25, 0.3) is 0 Å². The Hall–Kier alpha value is -6.84. The SMILES string of the molecule is c1ccc2c(c1)-c1cccc(-c3nc(-c4ccc5ccccc5c4)c4ccccc4n3)c1C21c2ccccc2-n2c3ccccc3c3cccc1c32. The van der Waals surface area contributed by atoms with E-state index in [0.717, 1.165) is 33.5 Å². The molecule has 10 aromatic rings. The highest BCUT2D eigenvalue weighted by molar-refractivity contribution is 6.13. The fourth-order valence-corrected chi connectivity index (χ4v) is 9.56. The molecular formula is C49H29N3. The van der Waals surface area contributed by atoms with Gasteiger partial charge in [-0.25, -0.2) is 9.97 Å². The van der Waals surface area contributed by atoms with Crippen LogP contribution in [0.25, 0.3) is 82.9 Å². The summed E-state index contributed by atoms with van der Waals surface area (Å²) in [4.78, 5) is 10.9. The number of aromatic nitrogens is 3. The lowest BCUT2D eigenvalue weighted by Crippen LogP contribution is -2.34. The minimum Gasteiger partial charge on any atom is -0.309 e. The van der Waals surface area contributed by atoms with Gasteiger partial charge in [-0.15, -0.1) is 0 Å². The van der Waals surface area contributed by atoms with Crippen molar-refractivity contribution in [3.05, 3.63) is 198 Å². The van der Waals surface area contributed by atoms with E-state index in [1.54, 1.807) is 0 Å². The molecule has 3 nitrogen and oxygen atoms in total. The van der Waals surface area contributed by atoms with Crippen LogP contribution < -0.4 is 0 Å². The third kappa shape index (κ3) is 3.45. The minimum atomic E-state index is -0.596. The van der Waals surface area contributed by atoms with Crippen molar-refractivity contribution in [3.8, 4) is 39.5 Å². The number of benzene rings is 8. The number of hydrogen-bond donors (Lipinski definition) is 0. The van der Waals surface area contributed by atoms with Crippen LogP contribution in [0.4, 0.5) is 0 Å². The van der Waals surface area contributed by atoms with Crippen LogP contribution in [0.15, 0.2) is 176 Å². The van der Waals surface area contributed by atoms with Crippen LogP contribution >= 0.6 is 0 Å². The zero-order valence-corrected chi connectivity index (χ0v) is 28.1. The van der Waals surface area contributed by atoms with Crippen molar-refractivity contribution in [1.82, 2.24) is 14.5 Å². The maximum Gasteiger partial charge on any atom is 0.160 e. The minimum absolute atomic E-state index is 0.596. The van der Waals surface area contributed by atoms with E-state index < -0.39 is 5.41 Å². The van der Waals surface area contributed by atoms with Crippen LogP contribution in [0.1, 0.15) is 22.3 Å². The second kappa shape index (κ2) is 10.1. The Morgan fingerprint density at radius 2 is 1.12 bits per heavy atom. The van der Waals surface area contributed by atoms with Crippen LogP contribution in [0.5, 0.6) is 0 Å². The van der Waals surface area contributed by atoms with Gasteiger partial charge in [-0.2, -0.15) is 0 Å². The summed E-state index contributed by atoms with van der Waals surface area (Å²) in [5, 5.41) is 5.99. The zero-order valence-electron chi connectivity index (χ0n) is 28.1. The van der Waals surface area contributed by atoms with E-state index in [4.69, 9.17) is 9.97 Å². The second-order valence-electron chi connectivity index (χ2n) is 14.1. The molecule has 1 aliphatic heterocycles. The number of hydrogen-bond acceptors (Lipinski definition) is 2. The van der Waals surface area contributed by atoms with Crippen molar-refractivity contribution < 1.29 is 0 Å². The Balaban J connectivity index is 1.23. The van der Waals surface area contributed by atoms with Gasteiger partial charge in [0, 0.05) is 27.3 Å². The molecule has 240 valence electrons. The summed E-state index contributed by atoms with van der Waals surface area (Å²) in [6.45, 7) is 0. The van der Waals surface area contributed by atoms with Gasteiger partial charge in [0.2, 0.25) is 0 Å². The molecule has 0 bridgehead atoms. The number of rotatable bonds is 2. The van der Waals surface area contributed by atoms with Gasteiger partial charge in [0.05, 0.1) is 33.3 Å². The summed E-state index contributed by atoms with van der Waals surface area (Å²) in [5.74, 6) is 0.738. The van der Waals surface area contributed by atoms with Crippen molar-refractivity contribution in [2.24, 2.45) is 0 Å². The molecule has 3 heteroatoms. The van der Waals surface area contributed by atoms with E-state index in [2.05, 4.69) is 180 Å². The first-order chi connectivity index (χ1) is 25.8. The molecule has 52 heavy (non-hydrogen) atoms. The molecule has 1 atom stereocenters. The van der Waals surface area contributed by atoms with Gasteiger partial charge >= 0.3 is 0 Å². The van der Waals surface area contributed by atoms with Gasteiger partial charge in [0.1, 0.15) is 0 Å². The molecule has 1 spiro atoms. The topological polar surface area (TPSA) is 30.7 Å². The summed E-state index contributed by atoms with van der Waals surface area (Å²) in [5.41, 5.74) is 14.7. The second-order valence-corrected chi connectivity index (χ2v) is 14.1.